The molecule has 0 aliphatic heterocycles. The topological polar surface area (TPSA) is 9.23 Å². The molecule has 0 heterocycles. The van der Waals surface area contributed by atoms with Gasteiger partial charge in [-0.15, -0.1) is 33.2 Å². The van der Waals surface area contributed by atoms with Crippen LogP contribution in [-0.2, 0) is 0 Å². The van der Waals surface area contributed by atoms with Crippen molar-refractivity contribution in [2.45, 2.75) is 0 Å². The molecule has 14 heavy (non-hydrogen) atoms. The van der Waals surface area contributed by atoms with Gasteiger partial charge in [-0.05, 0) is 49.2 Å². The minimum atomic E-state index is -2.83. The van der Waals surface area contributed by atoms with Crippen molar-refractivity contribution in [2.75, 3.05) is 7.11 Å². The van der Waals surface area contributed by atoms with Gasteiger partial charge >= 0.3 is 6.00 Å². The second-order valence-corrected chi connectivity index (χ2v) is 12.6. The number of ether oxygens (including phenoxy) is 1. The van der Waals surface area contributed by atoms with Gasteiger partial charge in [-0.3, -0.25) is 0 Å². The third-order valence-corrected chi connectivity index (χ3v) is 5.62. The van der Waals surface area contributed by atoms with Gasteiger partial charge in [-0.2, -0.15) is 0 Å². The van der Waals surface area contributed by atoms with Crippen LogP contribution in [0.5, 0.6) is 5.75 Å². The first kappa shape index (κ1) is 13.1. The Morgan fingerprint density at radius 3 is 1.86 bits per heavy atom. The molecule has 1 rings (SSSR count). The number of methoxy groups -OCH3 is 1. The highest BCUT2D eigenvalue weighted by molar-refractivity contribution is 9.11. The fourth-order valence-electron chi connectivity index (χ4n) is 0.919. The molecule has 0 atom stereocenters. The molecular weight excluding hydrogens is 394 g/mol. The molecule has 0 aliphatic rings. The van der Waals surface area contributed by atoms with E-state index in [-0.39, 0.29) is 0 Å². The summed E-state index contributed by atoms with van der Waals surface area (Å²) in [4.78, 5) is 0. The summed E-state index contributed by atoms with van der Waals surface area (Å²) >= 11 is 24.3. The van der Waals surface area contributed by atoms with Crippen molar-refractivity contribution < 1.29 is 4.74 Å². The van der Waals surface area contributed by atoms with E-state index in [0.29, 0.717) is 10.9 Å². The molecule has 0 saturated carbocycles. The van der Waals surface area contributed by atoms with Crippen LogP contribution in [0.25, 0.3) is 0 Å². The van der Waals surface area contributed by atoms with Crippen molar-refractivity contribution in [3.8, 4) is 5.75 Å². The minimum Gasteiger partial charge on any atom is -0.494 e. The summed E-state index contributed by atoms with van der Waals surface area (Å²) < 4.78 is 6.67. The molecule has 1 nitrogen and oxygen atoms in total. The molecule has 7 heteroatoms. The van der Waals surface area contributed by atoms with Crippen LogP contribution in [0.2, 0.25) is 0 Å². The van der Waals surface area contributed by atoms with Gasteiger partial charge in [0.25, 0.3) is 0 Å². The lowest BCUT2D eigenvalue weighted by Crippen LogP contribution is -2.30. The monoisotopic (exact) mass is 396 g/mol. The summed E-state index contributed by atoms with van der Waals surface area (Å²) in [7, 11) is 1.58. The Hall–Kier alpha value is 1.07. The Morgan fingerprint density at radius 1 is 1.14 bits per heavy atom. The fourth-order valence-corrected chi connectivity index (χ4v) is 4.45. The van der Waals surface area contributed by atoms with Crippen LogP contribution < -0.4 is 9.92 Å². The van der Waals surface area contributed by atoms with Gasteiger partial charge in [-0.1, -0.05) is 0 Å². The molecule has 0 radical (unpaired) electrons. The number of hydrogen-bond donors (Lipinski definition) is 0. The van der Waals surface area contributed by atoms with Crippen LogP contribution in [0.1, 0.15) is 0 Å². The van der Waals surface area contributed by atoms with Gasteiger partial charge in [0, 0.05) is 0 Å². The van der Waals surface area contributed by atoms with Gasteiger partial charge in [-0.25, -0.2) is 0 Å². The fraction of sp³-hybridized carbons (Fsp3) is 0.143. The first-order chi connectivity index (χ1) is 6.36. The zero-order valence-corrected chi connectivity index (χ0v) is 13.4. The molecular formula is C7H5Br2Cl3OSi. The van der Waals surface area contributed by atoms with Crippen molar-refractivity contribution in [1.29, 1.82) is 0 Å². The van der Waals surface area contributed by atoms with Crippen molar-refractivity contribution in [3.05, 3.63) is 21.1 Å². The van der Waals surface area contributed by atoms with E-state index in [1.54, 1.807) is 19.2 Å². The van der Waals surface area contributed by atoms with Crippen LogP contribution >= 0.6 is 65.1 Å². The van der Waals surface area contributed by atoms with Gasteiger partial charge in [0.05, 0.1) is 16.1 Å². The van der Waals surface area contributed by atoms with E-state index in [9.17, 15) is 0 Å². The Morgan fingerprint density at radius 2 is 1.57 bits per heavy atom. The van der Waals surface area contributed by atoms with Crippen molar-refractivity contribution in [2.24, 2.45) is 0 Å². The summed E-state index contributed by atoms with van der Waals surface area (Å²) in [6, 6.07) is 0.703. The van der Waals surface area contributed by atoms with E-state index in [1.807, 2.05) is 0 Å². The average molecular weight is 399 g/mol. The predicted octanol–water partition coefficient (Wildman–Crippen LogP) is 4.08. The zero-order valence-electron chi connectivity index (χ0n) is 6.95. The number of halogens is 5. The summed E-state index contributed by atoms with van der Waals surface area (Å²) in [6.07, 6.45) is 0. The molecule has 0 fully saturated rings. The highest BCUT2D eigenvalue weighted by atomic mass is 79.9. The second-order valence-electron chi connectivity index (χ2n) is 2.47. The molecule has 78 valence electrons. The Kier molecular flexibility index (Phi) is 4.63. The largest absolute Gasteiger partial charge is 0.494 e. The van der Waals surface area contributed by atoms with E-state index in [1.165, 1.54) is 0 Å². The summed E-state index contributed by atoms with van der Waals surface area (Å²) in [5.74, 6) is 0.692. The predicted molar refractivity (Wildman–Crippen MR) is 71.3 cm³/mol. The van der Waals surface area contributed by atoms with E-state index in [2.05, 4.69) is 31.9 Å². The molecule has 0 unspecified atom stereocenters. The van der Waals surface area contributed by atoms with Gasteiger partial charge in [0.2, 0.25) is 0 Å². The number of benzene rings is 1. The van der Waals surface area contributed by atoms with Crippen molar-refractivity contribution in [3.63, 3.8) is 0 Å². The maximum atomic E-state index is 5.89. The van der Waals surface area contributed by atoms with Crippen LogP contribution in [0, 0.1) is 0 Å². The first-order valence-electron chi connectivity index (χ1n) is 3.46. The zero-order chi connectivity index (χ0) is 10.9. The van der Waals surface area contributed by atoms with Crippen LogP contribution in [0.15, 0.2) is 21.1 Å². The Balaban J connectivity index is 3.28. The van der Waals surface area contributed by atoms with Gasteiger partial charge < -0.3 is 4.74 Å². The lowest BCUT2D eigenvalue weighted by atomic mass is 10.3. The van der Waals surface area contributed by atoms with Crippen molar-refractivity contribution >= 4 is 76.3 Å². The summed E-state index contributed by atoms with van der Waals surface area (Å²) in [5.41, 5.74) is 0. The highest BCUT2D eigenvalue weighted by Crippen LogP contribution is 2.34. The molecule has 0 aliphatic carbocycles. The van der Waals surface area contributed by atoms with Gasteiger partial charge in [0.15, 0.2) is 0 Å². The molecule has 1 aromatic rings. The Bertz CT molecular complexity index is 330. The molecule has 1 aromatic carbocycles. The number of rotatable bonds is 2. The molecule has 0 spiro atoms. The van der Waals surface area contributed by atoms with Gasteiger partial charge in [0.1, 0.15) is 5.75 Å². The summed E-state index contributed by atoms with van der Waals surface area (Å²) in [6.45, 7) is 0. The molecule has 0 N–H and O–H groups in total. The van der Waals surface area contributed by atoms with E-state index >= 15 is 0 Å². The average Bonchev–Trinajstić information content (AvgIpc) is 2.01. The standard InChI is InChI=1S/C7H5Br2Cl3OSi/c1-13-7-5(8)2-4(3-6(7)9)14(10,11)12/h2-3H,1H3. The lowest BCUT2D eigenvalue weighted by Gasteiger charge is -2.12. The molecule has 0 amide bonds. The second kappa shape index (κ2) is 4.93. The SMILES string of the molecule is COc1c(Br)cc([Si](Cl)(Cl)Cl)cc1Br. The number of hydrogen-bond acceptors (Lipinski definition) is 1. The minimum absolute atomic E-state index is 0.692. The van der Waals surface area contributed by atoms with E-state index < -0.39 is 6.00 Å². The molecule has 0 aromatic heterocycles. The van der Waals surface area contributed by atoms with Crippen LogP contribution in [-0.4, -0.2) is 13.1 Å². The van der Waals surface area contributed by atoms with Crippen LogP contribution in [0.3, 0.4) is 0 Å². The van der Waals surface area contributed by atoms with Crippen LogP contribution in [0.4, 0.5) is 0 Å². The Labute approximate surface area is 114 Å². The van der Waals surface area contributed by atoms with E-state index in [4.69, 9.17) is 38.0 Å². The quantitative estimate of drug-likeness (QED) is 0.538. The molecule has 0 bridgehead atoms. The maximum Gasteiger partial charge on any atom is 0.372 e. The van der Waals surface area contributed by atoms with Crippen molar-refractivity contribution in [1.82, 2.24) is 0 Å². The first-order valence-corrected chi connectivity index (χ1v) is 10.1. The third kappa shape index (κ3) is 3.03. The lowest BCUT2D eigenvalue weighted by molar-refractivity contribution is 0.409. The summed E-state index contributed by atoms with van der Waals surface area (Å²) in [5, 5.41) is 0.710. The third-order valence-electron chi connectivity index (χ3n) is 1.53. The van der Waals surface area contributed by atoms with E-state index in [0.717, 1.165) is 8.95 Å². The highest BCUT2D eigenvalue weighted by Gasteiger charge is 2.29. The normalized spacial score (nSPS) is 11.6. The maximum absolute atomic E-state index is 5.89. The smallest absolute Gasteiger partial charge is 0.372 e. The molecule has 0 saturated heterocycles.